The van der Waals surface area contributed by atoms with Crippen molar-refractivity contribution in [2.45, 2.75) is 6.42 Å². The molecule has 1 aromatic carbocycles. The molecule has 2 amide bonds. The van der Waals surface area contributed by atoms with Gasteiger partial charge in [-0.15, -0.1) is 0 Å². The molecule has 10 heteroatoms. The van der Waals surface area contributed by atoms with Crippen LogP contribution in [0.3, 0.4) is 0 Å². The molecule has 2 heterocycles. The van der Waals surface area contributed by atoms with Gasteiger partial charge in [0.1, 0.15) is 11.4 Å². The Morgan fingerprint density at radius 3 is 2.71 bits per heavy atom. The summed E-state index contributed by atoms with van der Waals surface area (Å²) in [6, 6.07) is 6.52. The van der Waals surface area contributed by atoms with Crippen molar-refractivity contribution in [2.75, 3.05) is 24.7 Å². The van der Waals surface area contributed by atoms with Crippen LogP contribution in [0, 0.1) is 0 Å². The number of imidazole rings is 1. The SMILES string of the molecule is COC(=O)CCNC(=O)c1cc2cc(NC(=O)c3nc(N)cn3C)ccc2o1. The number of carbonyl (C=O) groups is 3. The summed E-state index contributed by atoms with van der Waals surface area (Å²) < 4.78 is 11.5. The van der Waals surface area contributed by atoms with Crippen LogP contribution in [0.2, 0.25) is 0 Å². The molecule has 0 unspecified atom stereocenters. The molecule has 0 saturated heterocycles. The molecule has 3 aromatic rings. The van der Waals surface area contributed by atoms with Crippen LogP contribution in [0.4, 0.5) is 11.5 Å². The Kier molecular flexibility index (Phi) is 5.30. The van der Waals surface area contributed by atoms with E-state index in [1.165, 1.54) is 11.7 Å². The Hall–Kier alpha value is -3.82. The van der Waals surface area contributed by atoms with Gasteiger partial charge < -0.3 is 30.1 Å². The van der Waals surface area contributed by atoms with Crippen molar-refractivity contribution in [1.29, 1.82) is 0 Å². The highest BCUT2D eigenvalue weighted by Gasteiger charge is 2.16. The van der Waals surface area contributed by atoms with Crippen molar-refractivity contribution < 1.29 is 23.5 Å². The lowest BCUT2D eigenvalue weighted by molar-refractivity contribution is -0.140. The van der Waals surface area contributed by atoms with Crippen LogP contribution in [0.15, 0.2) is 34.9 Å². The minimum Gasteiger partial charge on any atom is -0.469 e. The van der Waals surface area contributed by atoms with Gasteiger partial charge in [0.2, 0.25) is 5.82 Å². The lowest BCUT2D eigenvalue weighted by Gasteiger charge is -2.04. The number of anilines is 2. The molecule has 28 heavy (non-hydrogen) atoms. The van der Waals surface area contributed by atoms with E-state index in [2.05, 4.69) is 20.4 Å². The van der Waals surface area contributed by atoms with Gasteiger partial charge in [-0.2, -0.15) is 0 Å². The second-order valence-electron chi connectivity index (χ2n) is 6.00. The number of benzene rings is 1. The lowest BCUT2D eigenvalue weighted by Crippen LogP contribution is -2.25. The highest BCUT2D eigenvalue weighted by Crippen LogP contribution is 2.23. The van der Waals surface area contributed by atoms with Crippen LogP contribution in [0.25, 0.3) is 11.0 Å². The third-order valence-electron chi connectivity index (χ3n) is 3.94. The zero-order chi connectivity index (χ0) is 20.3. The number of fused-ring (bicyclic) bond motifs is 1. The monoisotopic (exact) mass is 385 g/mol. The number of ether oxygens (including phenoxy) is 1. The molecule has 0 atom stereocenters. The van der Waals surface area contributed by atoms with E-state index < -0.39 is 17.8 Å². The number of nitrogens with zero attached hydrogens (tertiary/aromatic N) is 2. The van der Waals surface area contributed by atoms with Crippen molar-refractivity contribution in [1.82, 2.24) is 14.9 Å². The number of nitrogen functional groups attached to an aromatic ring is 1. The molecule has 0 spiro atoms. The number of methoxy groups -OCH3 is 1. The fraction of sp³-hybridized carbons (Fsp3) is 0.222. The molecule has 0 saturated carbocycles. The lowest BCUT2D eigenvalue weighted by atomic mass is 10.2. The number of rotatable bonds is 6. The van der Waals surface area contributed by atoms with Gasteiger partial charge in [0, 0.05) is 30.9 Å². The van der Waals surface area contributed by atoms with Crippen LogP contribution < -0.4 is 16.4 Å². The van der Waals surface area contributed by atoms with Gasteiger partial charge in [-0.1, -0.05) is 0 Å². The smallest absolute Gasteiger partial charge is 0.307 e. The number of hydrogen-bond donors (Lipinski definition) is 3. The topological polar surface area (TPSA) is 141 Å². The molecule has 2 aromatic heterocycles. The molecule has 3 rings (SSSR count). The number of hydrogen-bond acceptors (Lipinski definition) is 7. The first kappa shape index (κ1) is 19.0. The normalized spacial score (nSPS) is 10.6. The molecule has 10 nitrogen and oxygen atoms in total. The molecule has 0 bridgehead atoms. The number of carbonyl (C=O) groups excluding carboxylic acids is 3. The number of esters is 1. The van der Waals surface area contributed by atoms with Crippen molar-refractivity contribution in [3.8, 4) is 0 Å². The first-order valence-electron chi connectivity index (χ1n) is 8.36. The van der Waals surface area contributed by atoms with Crippen LogP contribution in [-0.4, -0.2) is 41.0 Å². The van der Waals surface area contributed by atoms with Gasteiger partial charge in [0.25, 0.3) is 11.8 Å². The van der Waals surface area contributed by atoms with Crippen molar-refractivity contribution in [2.24, 2.45) is 7.05 Å². The summed E-state index contributed by atoms with van der Waals surface area (Å²) in [5.74, 6) is -0.756. The van der Waals surface area contributed by atoms with Crippen LogP contribution >= 0.6 is 0 Å². The Labute approximate surface area is 159 Å². The fourth-order valence-corrected chi connectivity index (χ4v) is 2.59. The Morgan fingerprint density at radius 2 is 2.04 bits per heavy atom. The number of aryl methyl sites for hydroxylation is 1. The maximum Gasteiger partial charge on any atom is 0.307 e. The van der Waals surface area contributed by atoms with E-state index in [1.807, 2.05) is 0 Å². The summed E-state index contributed by atoms with van der Waals surface area (Å²) in [4.78, 5) is 39.5. The fourth-order valence-electron chi connectivity index (χ4n) is 2.59. The maximum absolute atomic E-state index is 12.3. The van der Waals surface area contributed by atoms with Gasteiger partial charge in [-0.05, 0) is 24.3 Å². The highest BCUT2D eigenvalue weighted by molar-refractivity contribution is 6.03. The average molecular weight is 385 g/mol. The van der Waals surface area contributed by atoms with E-state index >= 15 is 0 Å². The Morgan fingerprint density at radius 1 is 1.25 bits per heavy atom. The zero-order valence-electron chi connectivity index (χ0n) is 15.3. The minimum atomic E-state index is -0.450. The van der Waals surface area contributed by atoms with E-state index in [0.29, 0.717) is 16.7 Å². The quantitative estimate of drug-likeness (QED) is 0.543. The summed E-state index contributed by atoms with van der Waals surface area (Å²) >= 11 is 0. The predicted octanol–water partition coefficient (Wildman–Crippen LogP) is 1.29. The van der Waals surface area contributed by atoms with Crippen LogP contribution in [-0.2, 0) is 16.6 Å². The third kappa shape index (κ3) is 4.11. The summed E-state index contributed by atoms with van der Waals surface area (Å²) in [7, 11) is 2.95. The highest BCUT2D eigenvalue weighted by atomic mass is 16.5. The van der Waals surface area contributed by atoms with Crippen LogP contribution in [0.5, 0.6) is 0 Å². The van der Waals surface area contributed by atoms with E-state index in [9.17, 15) is 14.4 Å². The molecule has 4 N–H and O–H groups in total. The number of aromatic nitrogens is 2. The Bertz CT molecular complexity index is 1050. The van der Waals surface area contributed by atoms with E-state index in [1.54, 1.807) is 37.5 Å². The van der Waals surface area contributed by atoms with E-state index in [0.717, 1.165) is 0 Å². The molecule has 0 aliphatic carbocycles. The zero-order valence-corrected chi connectivity index (χ0v) is 15.3. The van der Waals surface area contributed by atoms with Crippen molar-refractivity contribution in [3.05, 3.63) is 42.0 Å². The molecule has 0 aliphatic rings. The van der Waals surface area contributed by atoms with E-state index in [4.69, 9.17) is 10.2 Å². The first-order valence-corrected chi connectivity index (χ1v) is 8.36. The maximum atomic E-state index is 12.3. The summed E-state index contributed by atoms with van der Waals surface area (Å²) in [5, 5.41) is 5.94. The third-order valence-corrected chi connectivity index (χ3v) is 3.94. The summed E-state index contributed by atoms with van der Waals surface area (Å²) in [5.41, 5.74) is 6.58. The largest absolute Gasteiger partial charge is 0.469 e. The van der Waals surface area contributed by atoms with Gasteiger partial charge in [0.05, 0.1) is 13.5 Å². The Balaban J connectivity index is 1.70. The molecular weight excluding hydrogens is 366 g/mol. The molecule has 146 valence electrons. The van der Waals surface area contributed by atoms with Crippen LogP contribution in [0.1, 0.15) is 27.6 Å². The summed E-state index contributed by atoms with van der Waals surface area (Å²) in [6.07, 6.45) is 1.61. The second-order valence-corrected chi connectivity index (χ2v) is 6.00. The van der Waals surface area contributed by atoms with Crippen molar-refractivity contribution in [3.63, 3.8) is 0 Å². The minimum absolute atomic E-state index is 0.0658. The van der Waals surface area contributed by atoms with Gasteiger partial charge in [0.15, 0.2) is 5.76 Å². The summed E-state index contributed by atoms with van der Waals surface area (Å²) in [6.45, 7) is 0.136. The first-order chi connectivity index (χ1) is 13.4. The number of nitrogens with one attached hydrogen (secondary N) is 2. The van der Waals surface area contributed by atoms with Crippen molar-refractivity contribution >= 4 is 40.3 Å². The van der Waals surface area contributed by atoms with Gasteiger partial charge >= 0.3 is 5.97 Å². The standard InChI is InChI=1S/C18H19N5O5/c1-23-9-14(19)22-16(23)18(26)21-11-3-4-12-10(7-11)8-13(28-12)17(25)20-6-5-15(24)27-2/h3-4,7-9H,5-6,19H2,1-2H3,(H,20,25)(H,21,26). The average Bonchev–Trinajstić information content (AvgIpc) is 3.23. The predicted molar refractivity (Wildman–Crippen MR) is 101 cm³/mol. The molecular formula is C18H19N5O5. The van der Waals surface area contributed by atoms with E-state index in [-0.39, 0.29) is 30.4 Å². The van der Waals surface area contributed by atoms with Gasteiger partial charge in [-0.25, -0.2) is 4.98 Å². The van der Waals surface area contributed by atoms with Gasteiger partial charge in [-0.3, -0.25) is 14.4 Å². The second kappa shape index (κ2) is 7.82. The number of nitrogens with two attached hydrogens (primary N) is 1. The number of amides is 2. The molecule has 0 radical (unpaired) electrons. The molecule has 0 aliphatic heterocycles. The number of furan rings is 1. The molecule has 0 fully saturated rings.